The molecule has 1 N–H and O–H groups in total. The van der Waals surface area contributed by atoms with Crippen LogP contribution in [-0.2, 0) is 26.1 Å². The van der Waals surface area contributed by atoms with E-state index in [1.807, 2.05) is 6.07 Å². The molecule has 0 atom stereocenters. The van der Waals surface area contributed by atoms with E-state index in [9.17, 15) is 22.6 Å². The van der Waals surface area contributed by atoms with Crippen molar-refractivity contribution in [1.82, 2.24) is 0 Å². The summed E-state index contributed by atoms with van der Waals surface area (Å²) < 4.78 is 48.3. The van der Waals surface area contributed by atoms with Crippen molar-refractivity contribution in [2.45, 2.75) is 17.7 Å². The molecule has 0 aliphatic heterocycles. The molecule has 31 heavy (non-hydrogen) atoms. The minimum absolute atomic E-state index is 0.0739. The van der Waals surface area contributed by atoms with Crippen molar-refractivity contribution in [1.29, 1.82) is 0 Å². The molecule has 3 aromatic carbocycles. The van der Waals surface area contributed by atoms with E-state index in [2.05, 4.69) is 0 Å². The molecule has 0 aliphatic carbocycles. The topological polar surface area (TPSA) is 116 Å². The van der Waals surface area contributed by atoms with Gasteiger partial charge in [0.15, 0.2) is 0 Å². The Morgan fingerprint density at radius 1 is 0.871 bits per heavy atom. The van der Waals surface area contributed by atoms with Crippen molar-refractivity contribution in [3.63, 3.8) is 0 Å². The van der Waals surface area contributed by atoms with Gasteiger partial charge in [0.25, 0.3) is 10.1 Å². The molecule has 3 rings (SSSR count). The molecule has 162 valence electrons. The van der Waals surface area contributed by atoms with Crippen molar-refractivity contribution in [3.8, 4) is 11.5 Å². The zero-order valence-electron chi connectivity index (χ0n) is 16.8. The molecule has 0 spiro atoms. The minimum Gasteiger partial charge on any atom is -0.496 e. The monoisotopic (exact) mass is 444 g/mol. The lowest BCUT2D eigenvalue weighted by Gasteiger charge is -2.13. The van der Waals surface area contributed by atoms with Crippen molar-refractivity contribution in [2.75, 3.05) is 14.2 Å². The molecule has 0 aliphatic rings. The molecule has 0 radical (unpaired) electrons. The molecule has 0 saturated heterocycles. The fourth-order valence-corrected chi connectivity index (χ4v) is 3.97. The Hall–Kier alpha value is -3.43. The molecular formula is C22H20O8S. The van der Waals surface area contributed by atoms with E-state index in [1.165, 1.54) is 44.6 Å². The van der Waals surface area contributed by atoms with Crippen LogP contribution in [0.3, 0.4) is 0 Å². The number of hydrogen-bond acceptors (Lipinski definition) is 7. The van der Waals surface area contributed by atoms with Crippen molar-refractivity contribution in [3.05, 3.63) is 65.7 Å². The predicted molar refractivity (Wildman–Crippen MR) is 112 cm³/mol. The molecule has 8 nitrogen and oxygen atoms in total. The molecule has 0 bridgehead atoms. The van der Waals surface area contributed by atoms with Crippen LogP contribution in [0.2, 0.25) is 0 Å². The molecule has 0 amide bonds. The fraction of sp³-hybridized carbons (Fsp3) is 0.182. The summed E-state index contributed by atoms with van der Waals surface area (Å²) in [5.41, 5.74) is 0.672. The zero-order valence-corrected chi connectivity index (χ0v) is 17.6. The second-order valence-corrected chi connectivity index (χ2v) is 7.93. The third kappa shape index (κ3) is 4.84. The maximum atomic E-state index is 12.8. The lowest BCUT2D eigenvalue weighted by atomic mass is 10.0. The van der Waals surface area contributed by atoms with E-state index in [0.29, 0.717) is 12.2 Å². The van der Waals surface area contributed by atoms with Gasteiger partial charge in [-0.15, -0.1) is 0 Å². The summed E-state index contributed by atoms with van der Waals surface area (Å²) in [4.78, 5) is 24.7. The van der Waals surface area contributed by atoms with Gasteiger partial charge >= 0.3 is 11.9 Å². The second-order valence-electron chi connectivity index (χ2n) is 6.54. The average molecular weight is 444 g/mol. The van der Waals surface area contributed by atoms with Crippen LogP contribution >= 0.6 is 0 Å². The maximum absolute atomic E-state index is 12.8. The van der Waals surface area contributed by atoms with E-state index in [-0.39, 0.29) is 33.4 Å². The van der Waals surface area contributed by atoms with Gasteiger partial charge in [-0.3, -0.25) is 9.35 Å². The van der Waals surface area contributed by atoms with Gasteiger partial charge < -0.3 is 14.2 Å². The van der Waals surface area contributed by atoms with E-state index in [0.717, 1.165) is 5.56 Å². The summed E-state index contributed by atoms with van der Waals surface area (Å²) in [6, 6.07) is 14.0. The van der Waals surface area contributed by atoms with Gasteiger partial charge in [-0.25, -0.2) is 4.79 Å². The van der Waals surface area contributed by atoms with E-state index >= 15 is 0 Å². The molecule has 0 heterocycles. The fourth-order valence-electron chi connectivity index (χ4n) is 3.27. The van der Waals surface area contributed by atoms with Gasteiger partial charge in [-0.2, -0.15) is 8.42 Å². The van der Waals surface area contributed by atoms with Crippen LogP contribution in [0.15, 0.2) is 59.5 Å². The normalized spacial score (nSPS) is 11.2. The largest absolute Gasteiger partial charge is 0.496 e. The number of benzene rings is 3. The number of rotatable bonds is 7. The number of hydrogen-bond donors (Lipinski definition) is 1. The van der Waals surface area contributed by atoms with Crippen LogP contribution < -0.4 is 9.47 Å². The Morgan fingerprint density at radius 2 is 1.58 bits per heavy atom. The highest BCUT2D eigenvalue weighted by Crippen LogP contribution is 2.32. The van der Waals surface area contributed by atoms with Crippen molar-refractivity contribution < 1.29 is 36.8 Å². The Morgan fingerprint density at radius 3 is 2.26 bits per heavy atom. The van der Waals surface area contributed by atoms with Crippen LogP contribution in [-0.4, -0.2) is 39.1 Å². The number of carbonyl (C=O) groups excluding carboxylic acids is 2. The van der Waals surface area contributed by atoms with Crippen LogP contribution in [0, 0.1) is 0 Å². The summed E-state index contributed by atoms with van der Waals surface area (Å²) in [6.45, 7) is 0. The smallest absolute Gasteiger partial charge is 0.350 e. The minimum atomic E-state index is -4.53. The lowest BCUT2D eigenvalue weighted by molar-refractivity contribution is -0.137. The molecule has 9 heteroatoms. The van der Waals surface area contributed by atoms with Crippen LogP contribution in [0.5, 0.6) is 11.5 Å². The molecule has 0 saturated carbocycles. The second kappa shape index (κ2) is 9.15. The first kappa shape index (κ1) is 22.3. The predicted octanol–water partition coefficient (Wildman–Crippen LogP) is 3.42. The number of methoxy groups -OCH3 is 2. The third-order valence-electron chi connectivity index (χ3n) is 4.68. The number of fused-ring (bicyclic) bond motifs is 1. The summed E-state index contributed by atoms with van der Waals surface area (Å²) >= 11 is 0. The van der Waals surface area contributed by atoms with Gasteiger partial charge in [-0.05, 0) is 36.2 Å². The quantitative estimate of drug-likeness (QED) is 0.335. The number of esters is 2. The molecular weight excluding hydrogens is 424 g/mol. The molecule has 0 fully saturated rings. The number of aryl methyl sites for hydroxylation is 1. The molecule has 0 unspecified atom stereocenters. The zero-order chi connectivity index (χ0) is 22.6. The Balaban J connectivity index is 1.88. The third-order valence-corrected chi connectivity index (χ3v) is 5.59. The highest BCUT2D eigenvalue weighted by molar-refractivity contribution is 7.86. The van der Waals surface area contributed by atoms with Crippen LogP contribution in [0.4, 0.5) is 0 Å². The molecule has 3 aromatic rings. The van der Waals surface area contributed by atoms with Gasteiger partial charge in [0.05, 0.1) is 20.6 Å². The highest BCUT2D eigenvalue weighted by atomic mass is 32.2. The van der Waals surface area contributed by atoms with E-state index < -0.39 is 22.1 Å². The van der Waals surface area contributed by atoms with Crippen LogP contribution in [0.25, 0.3) is 10.8 Å². The van der Waals surface area contributed by atoms with Crippen molar-refractivity contribution >= 4 is 32.8 Å². The van der Waals surface area contributed by atoms with E-state index in [4.69, 9.17) is 14.2 Å². The SMILES string of the molecule is COc1ccccc1CCC(=O)OC(=O)c1c(OC)ccc2c(S(=O)(=O)O)cccc12. The average Bonchev–Trinajstić information content (AvgIpc) is 2.75. The Labute approximate surface area is 179 Å². The summed E-state index contributed by atoms with van der Waals surface area (Å²) in [7, 11) is -1.68. The summed E-state index contributed by atoms with van der Waals surface area (Å²) in [5.74, 6) is -1.03. The number of carbonyl (C=O) groups is 2. The molecule has 0 aromatic heterocycles. The van der Waals surface area contributed by atoms with Gasteiger partial charge in [0.1, 0.15) is 22.0 Å². The Kier molecular flexibility index (Phi) is 6.57. The maximum Gasteiger partial charge on any atom is 0.350 e. The van der Waals surface area contributed by atoms with Gasteiger partial charge in [0.2, 0.25) is 0 Å². The van der Waals surface area contributed by atoms with Gasteiger partial charge in [-0.1, -0.05) is 30.3 Å². The lowest BCUT2D eigenvalue weighted by Crippen LogP contribution is -2.15. The first-order valence-corrected chi connectivity index (χ1v) is 10.6. The Bertz CT molecular complexity index is 1250. The number of para-hydroxylation sites is 1. The highest BCUT2D eigenvalue weighted by Gasteiger charge is 2.24. The van der Waals surface area contributed by atoms with Crippen molar-refractivity contribution in [2.24, 2.45) is 0 Å². The first-order chi connectivity index (χ1) is 14.8. The van der Waals surface area contributed by atoms with Gasteiger partial charge in [0, 0.05) is 10.8 Å². The first-order valence-electron chi connectivity index (χ1n) is 9.20. The summed E-state index contributed by atoms with van der Waals surface area (Å²) in [5, 5.41) is 0.260. The standard InChI is InChI=1S/C22H20O8S/c1-28-17-8-4-3-6-14(17)10-13-20(23)30-22(24)21-16-7-5-9-19(31(25,26)27)15(16)11-12-18(21)29-2/h3-9,11-12H,10,13H2,1-2H3,(H,25,26,27). The number of ether oxygens (including phenoxy) is 3. The van der Waals surface area contributed by atoms with E-state index in [1.54, 1.807) is 18.2 Å². The summed E-state index contributed by atoms with van der Waals surface area (Å²) in [6.07, 6.45) is 0.227. The van der Waals surface area contributed by atoms with Crippen LogP contribution in [0.1, 0.15) is 22.3 Å².